The van der Waals surface area contributed by atoms with Crippen LogP contribution in [0.3, 0.4) is 0 Å². The van der Waals surface area contributed by atoms with E-state index in [9.17, 15) is 9.59 Å². The first kappa shape index (κ1) is 77.2. The molecule has 0 fully saturated rings. The van der Waals surface area contributed by atoms with Gasteiger partial charge in [-0.05, 0) is 246 Å². The van der Waals surface area contributed by atoms with Crippen LogP contribution in [0, 0.1) is 16.2 Å². The van der Waals surface area contributed by atoms with Crippen LogP contribution in [0.15, 0.2) is 212 Å². The van der Waals surface area contributed by atoms with Gasteiger partial charge in [0.15, 0.2) is 0 Å². The largest absolute Gasteiger partial charge is 0.457 e. The molecule has 0 radical (unpaired) electrons. The number of esters is 2. The molecule has 0 unspecified atom stereocenters. The van der Waals surface area contributed by atoms with E-state index in [1.165, 1.54) is 22.3 Å². The van der Waals surface area contributed by atoms with E-state index in [-0.39, 0.29) is 49.0 Å². The summed E-state index contributed by atoms with van der Waals surface area (Å²) >= 11 is 0. The fraction of sp³-hybridized carbons (Fsp3) is 0.320. The van der Waals surface area contributed by atoms with Crippen molar-refractivity contribution in [2.24, 2.45) is 16.2 Å². The maximum atomic E-state index is 14.7. The number of ether oxygens (including phenoxy) is 5. The van der Waals surface area contributed by atoms with Crippen LogP contribution in [0.5, 0.6) is 46.0 Å². The molecule has 0 aliphatic carbocycles. The molecule has 10 heteroatoms. The summed E-state index contributed by atoms with van der Waals surface area (Å²) in [4.78, 5) is 36.0. The molecule has 14 aromatic rings. The first-order valence-corrected chi connectivity index (χ1v) is 39.9. The molecule has 1 aliphatic rings. The second-order valence-corrected chi connectivity index (χ2v) is 38.8. The fourth-order valence-electron chi connectivity index (χ4n) is 19.2. The zero-order valence-electron chi connectivity index (χ0n) is 70.3. The van der Waals surface area contributed by atoms with Crippen molar-refractivity contribution in [2.45, 2.75) is 172 Å². The van der Waals surface area contributed by atoms with E-state index in [0.717, 1.165) is 114 Å². The van der Waals surface area contributed by atoms with Gasteiger partial charge in [0, 0.05) is 100 Å². The average Bonchev–Trinajstić information content (AvgIpc) is 0.674. The van der Waals surface area contributed by atoms with E-state index in [2.05, 4.69) is 338 Å². The van der Waals surface area contributed by atoms with Gasteiger partial charge in [-0.3, -0.25) is 0 Å². The Morgan fingerprint density at radius 1 is 0.319 bits per heavy atom. The SMILES string of the molecule is C=C(C)CC(C)(C)c1ccc(Oc2ccc3c(N(c4ccc(N(C)C)cc4)c4ccc(N(C)C)cc4)cc(Oc4ccc(C(C)(C)CC(C)(C)C)cc4)c4c5ccc6c7c(Oc8ccc(C(C)(C)CC(C)(C)C)cc8)cc8c9c(cc(Oc%10ccc(C(C)(C)CC(C)(C)C)cc%10)c(c%10ccc(c2c34)c5c%106)c97)C(=O)OC8=O)cc1. The fourth-order valence-corrected chi connectivity index (χ4v) is 19.2. The minimum Gasteiger partial charge on any atom is -0.457 e. The lowest BCUT2D eigenvalue weighted by atomic mass is 9.72. The van der Waals surface area contributed by atoms with Crippen LogP contribution in [0.25, 0.3) is 75.4 Å². The zero-order valence-corrected chi connectivity index (χ0v) is 70.3. The van der Waals surface area contributed by atoms with Gasteiger partial charge in [-0.1, -0.05) is 196 Å². The third-order valence-corrected chi connectivity index (χ3v) is 23.0. The third-order valence-electron chi connectivity index (χ3n) is 23.0. The smallest absolute Gasteiger partial charge is 0.346 e. The van der Waals surface area contributed by atoms with E-state index in [4.69, 9.17) is 23.7 Å². The number of allylic oxidation sites excluding steroid dienone is 1. The summed E-state index contributed by atoms with van der Waals surface area (Å²) in [6, 6.07) is 70.5. The second kappa shape index (κ2) is 27.9. The maximum absolute atomic E-state index is 14.7. The summed E-state index contributed by atoms with van der Waals surface area (Å²) in [7, 11) is 8.28. The molecule has 578 valence electrons. The summed E-state index contributed by atoms with van der Waals surface area (Å²) in [6.07, 6.45) is 3.74. The number of fused-ring (bicyclic) bond motifs is 4. The summed E-state index contributed by atoms with van der Waals surface area (Å²) in [5.74, 6) is 3.11. The Balaban J connectivity index is 1.08. The lowest BCUT2D eigenvalue weighted by Crippen LogP contribution is -2.24. The molecule has 15 rings (SSSR count). The number of benzene rings is 14. The number of cyclic esters (lactones) is 2. The van der Waals surface area contributed by atoms with Crippen LogP contribution in [0.1, 0.15) is 193 Å². The number of anilines is 5. The molecule has 0 saturated heterocycles. The van der Waals surface area contributed by atoms with Crippen molar-refractivity contribution in [3.63, 3.8) is 0 Å². The van der Waals surface area contributed by atoms with Gasteiger partial charge in [-0.25, -0.2) is 9.59 Å². The average molecular weight is 1500 g/mol. The molecule has 14 aromatic carbocycles. The molecule has 0 saturated carbocycles. The van der Waals surface area contributed by atoms with Crippen LogP contribution < -0.4 is 33.6 Å². The van der Waals surface area contributed by atoms with Gasteiger partial charge in [0.25, 0.3) is 0 Å². The lowest BCUT2D eigenvalue weighted by Gasteiger charge is -2.33. The normalized spacial score (nSPS) is 13.3. The molecule has 1 aliphatic heterocycles. The summed E-state index contributed by atoms with van der Waals surface area (Å²) < 4.78 is 35.7. The highest BCUT2D eigenvalue weighted by Gasteiger charge is 2.37. The number of rotatable bonds is 22. The van der Waals surface area contributed by atoms with Crippen molar-refractivity contribution in [1.29, 1.82) is 0 Å². The molecule has 0 atom stereocenters. The molecule has 0 aromatic heterocycles. The van der Waals surface area contributed by atoms with Crippen LogP contribution in [0.4, 0.5) is 28.4 Å². The molecule has 0 N–H and O–H groups in total. The summed E-state index contributed by atoms with van der Waals surface area (Å²) in [5.41, 5.74) is 10.9. The standard InChI is InChI=1S/C103H109N3O7/c1-61(2)57-100(12,13)62-24-40-70(41-25-62)109-82-53-52-74-81(106(68-36-32-66(33-37-68)104(20)21)69-38-34-67(35-39-69)105(22)23)56-85(112-73-46-30-65(31-47-73)103(18,19)60-99(9,10)11)90-76-49-51-78-87-77(50-48-75(86(76)87)89(82)93(74)90)91-83(110-71-42-26-63(27-43-71)101(14,15)58-97(3,4)5)54-79-88-80(96(108)113-95(79)107)55-84(92(78)94(88)91)111-72-44-28-64(29-45-72)102(16,17)59-98(6,7)8/h24-56H,1,57-60H2,2-23H3. The van der Waals surface area contributed by atoms with Crippen molar-refractivity contribution >= 4 is 116 Å². The molecular weight excluding hydrogens is 1390 g/mol. The van der Waals surface area contributed by atoms with Gasteiger partial charge >= 0.3 is 11.9 Å². The van der Waals surface area contributed by atoms with Gasteiger partial charge in [0.2, 0.25) is 0 Å². The predicted octanol–water partition coefficient (Wildman–Crippen LogP) is 29.1. The van der Waals surface area contributed by atoms with Crippen molar-refractivity contribution < 1.29 is 33.3 Å². The van der Waals surface area contributed by atoms with Crippen molar-refractivity contribution in [3.05, 3.63) is 246 Å². The Labute approximate surface area is 667 Å². The number of carbonyl (C=O) groups is 2. The Morgan fingerprint density at radius 2 is 0.611 bits per heavy atom. The molecule has 113 heavy (non-hydrogen) atoms. The molecular formula is C103H109N3O7. The van der Waals surface area contributed by atoms with Gasteiger partial charge in [0.1, 0.15) is 46.0 Å². The van der Waals surface area contributed by atoms with Crippen molar-refractivity contribution in [1.82, 2.24) is 0 Å². The number of carbonyl (C=O) groups excluding carboxylic acids is 2. The highest BCUT2D eigenvalue weighted by atomic mass is 16.6. The quantitative estimate of drug-likeness (QED) is 0.0215. The molecule has 0 bridgehead atoms. The highest BCUT2D eigenvalue weighted by Crippen LogP contribution is 2.59. The summed E-state index contributed by atoms with van der Waals surface area (Å²) in [6.45, 7) is 45.3. The second-order valence-electron chi connectivity index (χ2n) is 38.8. The topological polar surface area (TPSA) is 90.0 Å². The van der Waals surface area contributed by atoms with E-state index in [1.807, 2.05) is 24.3 Å². The number of hydrogen-bond donors (Lipinski definition) is 0. The minimum atomic E-state index is -0.755. The van der Waals surface area contributed by atoms with E-state index in [1.54, 1.807) is 12.1 Å². The van der Waals surface area contributed by atoms with Crippen molar-refractivity contribution in [2.75, 3.05) is 42.9 Å². The van der Waals surface area contributed by atoms with E-state index in [0.29, 0.717) is 67.5 Å². The van der Waals surface area contributed by atoms with Gasteiger partial charge < -0.3 is 38.4 Å². The van der Waals surface area contributed by atoms with Gasteiger partial charge in [0.05, 0.1) is 16.8 Å². The van der Waals surface area contributed by atoms with E-state index >= 15 is 0 Å². The summed E-state index contributed by atoms with van der Waals surface area (Å²) in [5, 5.41) is 11.6. The van der Waals surface area contributed by atoms with Crippen LogP contribution in [-0.4, -0.2) is 40.1 Å². The lowest BCUT2D eigenvalue weighted by molar-refractivity contribution is 0.0390. The van der Waals surface area contributed by atoms with Crippen molar-refractivity contribution in [3.8, 4) is 46.0 Å². The van der Waals surface area contributed by atoms with E-state index < -0.39 is 11.9 Å². The third kappa shape index (κ3) is 14.7. The van der Waals surface area contributed by atoms with Gasteiger partial charge in [-0.15, -0.1) is 6.58 Å². The molecule has 1 heterocycles. The van der Waals surface area contributed by atoms with Gasteiger partial charge in [-0.2, -0.15) is 0 Å². The Kier molecular flexibility index (Phi) is 19.1. The Hall–Kier alpha value is -11.1. The highest BCUT2D eigenvalue weighted by molar-refractivity contribution is 6.46. The molecule has 10 nitrogen and oxygen atoms in total. The first-order valence-electron chi connectivity index (χ1n) is 39.9. The Bertz CT molecular complexity index is 5840. The van der Waals surface area contributed by atoms with Crippen LogP contribution in [-0.2, 0) is 26.4 Å². The van der Waals surface area contributed by atoms with Crippen LogP contribution >= 0.6 is 0 Å². The molecule has 0 spiro atoms. The Morgan fingerprint density at radius 3 is 0.938 bits per heavy atom. The number of nitrogens with zero attached hydrogens (tertiary/aromatic N) is 3. The predicted molar refractivity (Wildman–Crippen MR) is 474 cm³/mol. The minimum absolute atomic E-state index is 0.0810. The van der Waals surface area contributed by atoms with Crippen LogP contribution in [0.2, 0.25) is 0 Å². The maximum Gasteiger partial charge on any atom is 0.346 e. The zero-order chi connectivity index (χ0) is 80.7. The molecule has 0 amide bonds. The monoisotopic (exact) mass is 1500 g/mol. The number of hydrogen-bond acceptors (Lipinski definition) is 10. The first-order chi connectivity index (χ1) is 53.1.